The van der Waals surface area contributed by atoms with Crippen molar-refractivity contribution in [3.8, 4) is 0 Å². The molecule has 0 saturated heterocycles. The van der Waals surface area contributed by atoms with Gasteiger partial charge in [0.15, 0.2) is 0 Å². The Hall–Kier alpha value is -2.47. The molecule has 4 rings (SSSR count). The molecular formula is C16H16N4O2. The largest absolute Gasteiger partial charge is 0.281 e. The summed E-state index contributed by atoms with van der Waals surface area (Å²) in [6.45, 7) is 0.597. The monoisotopic (exact) mass is 296 g/mol. The molecule has 0 bridgehead atoms. The Balaban J connectivity index is 1.56. The maximum Gasteiger partial charge on any atom is 0.281 e. The van der Waals surface area contributed by atoms with E-state index in [4.69, 9.17) is 4.84 Å². The Morgan fingerprint density at radius 2 is 2.09 bits per heavy atom. The van der Waals surface area contributed by atoms with Crippen molar-refractivity contribution in [1.29, 1.82) is 0 Å². The molecule has 0 N–H and O–H groups in total. The number of rotatable bonds is 4. The molecule has 2 aromatic rings. The molecule has 0 spiro atoms. The van der Waals surface area contributed by atoms with E-state index in [-0.39, 0.29) is 12.0 Å². The summed E-state index contributed by atoms with van der Waals surface area (Å²) in [6.07, 6.45) is 7.53. The van der Waals surface area contributed by atoms with Crippen LogP contribution in [0.2, 0.25) is 0 Å². The first-order chi connectivity index (χ1) is 10.8. The van der Waals surface area contributed by atoms with E-state index in [0.29, 0.717) is 18.0 Å². The van der Waals surface area contributed by atoms with Crippen molar-refractivity contribution < 1.29 is 9.63 Å². The Morgan fingerprint density at radius 3 is 2.77 bits per heavy atom. The third-order valence-corrected chi connectivity index (χ3v) is 3.96. The van der Waals surface area contributed by atoms with Gasteiger partial charge in [0, 0.05) is 23.5 Å². The number of hydrogen-bond donors (Lipinski definition) is 0. The highest BCUT2D eigenvalue weighted by molar-refractivity contribution is 5.94. The van der Waals surface area contributed by atoms with E-state index in [0.717, 1.165) is 18.4 Å². The molecule has 6 nitrogen and oxygen atoms in total. The molecule has 1 amide bonds. The first-order valence-corrected chi connectivity index (χ1v) is 7.41. The molecule has 0 radical (unpaired) electrons. The van der Waals surface area contributed by atoms with E-state index >= 15 is 0 Å². The summed E-state index contributed by atoms with van der Waals surface area (Å²) in [5, 5.41) is 9.17. The second kappa shape index (κ2) is 5.38. The minimum absolute atomic E-state index is 0.0307. The lowest BCUT2D eigenvalue weighted by Crippen LogP contribution is -2.27. The first kappa shape index (κ1) is 13.2. The molecule has 2 heterocycles. The van der Waals surface area contributed by atoms with Crippen molar-refractivity contribution in [3.63, 3.8) is 0 Å². The molecule has 112 valence electrons. The van der Waals surface area contributed by atoms with E-state index in [1.165, 1.54) is 5.06 Å². The van der Waals surface area contributed by atoms with Crippen LogP contribution in [0.5, 0.6) is 0 Å². The summed E-state index contributed by atoms with van der Waals surface area (Å²) in [7, 11) is 0. The lowest BCUT2D eigenvalue weighted by molar-refractivity contribution is -0.107. The number of hydrogen-bond acceptors (Lipinski definition) is 4. The minimum atomic E-state index is -0.139. The zero-order valence-corrected chi connectivity index (χ0v) is 12.0. The van der Waals surface area contributed by atoms with Gasteiger partial charge in [-0.2, -0.15) is 5.06 Å². The van der Waals surface area contributed by atoms with Gasteiger partial charge >= 0.3 is 0 Å². The molecule has 1 aromatic carbocycles. The molecular weight excluding hydrogens is 280 g/mol. The molecule has 1 aromatic heterocycles. The van der Waals surface area contributed by atoms with Gasteiger partial charge in [0.2, 0.25) is 0 Å². The molecule has 22 heavy (non-hydrogen) atoms. The van der Waals surface area contributed by atoms with Crippen molar-refractivity contribution in [3.05, 3.63) is 60.1 Å². The highest BCUT2D eigenvalue weighted by atomic mass is 16.7. The zero-order chi connectivity index (χ0) is 14.9. The maximum atomic E-state index is 12.5. The highest BCUT2D eigenvalue weighted by Crippen LogP contribution is 2.41. The Labute approximate surface area is 127 Å². The summed E-state index contributed by atoms with van der Waals surface area (Å²) in [5.41, 5.74) is 1.69. The highest BCUT2D eigenvalue weighted by Gasteiger charge is 2.41. The average molecular weight is 296 g/mol. The summed E-state index contributed by atoms with van der Waals surface area (Å²) in [4.78, 5) is 18.4. The number of benzene rings is 1. The van der Waals surface area contributed by atoms with Crippen LogP contribution in [0.4, 0.5) is 0 Å². The van der Waals surface area contributed by atoms with Gasteiger partial charge in [-0.1, -0.05) is 23.4 Å². The predicted molar refractivity (Wildman–Crippen MR) is 78.3 cm³/mol. The minimum Gasteiger partial charge on any atom is -0.266 e. The smallest absolute Gasteiger partial charge is 0.266 e. The van der Waals surface area contributed by atoms with Gasteiger partial charge < -0.3 is 0 Å². The fourth-order valence-electron chi connectivity index (χ4n) is 2.68. The molecule has 1 saturated carbocycles. The number of carbonyl (C=O) groups excluding carboxylic acids is 1. The fraction of sp³-hybridized carbons (Fsp3) is 0.312. The molecule has 1 aliphatic carbocycles. The van der Waals surface area contributed by atoms with Crippen molar-refractivity contribution in [2.75, 3.05) is 0 Å². The van der Waals surface area contributed by atoms with Crippen LogP contribution in [0.25, 0.3) is 0 Å². The summed E-state index contributed by atoms with van der Waals surface area (Å²) in [6, 6.07) is 9.17. The molecule has 2 aliphatic rings. The van der Waals surface area contributed by atoms with Crippen LogP contribution in [0, 0.1) is 5.92 Å². The van der Waals surface area contributed by atoms with E-state index in [1.54, 1.807) is 29.2 Å². The van der Waals surface area contributed by atoms with Crippen molar-refractivity contribution >= 4 is 5.91 Å². The van der Waals surface area contributed by atoms with Gasteiger partial charge in [-0.3, -0.25) is 9.63 Å². The van der Waals surface area contributed by atoms with Crippen LogP contribution in [0.1, 0.15) is 23.2 Å². The molecule has 6 heteroatoms. The van der Waals surface area contributed by atoms with Gasteiger partial charge in [-0.05, 0) is 30.9 Å². The number of nitrogens with zero attached hydrogens (tertiary/aromatic N) is 4. The van der Waals surface area contributed by atoms with Gasteiger partial charge in [0.25, 0.3) is 5.91 Å². The predicted octanol–water partition coefficient (Wildman–Crippen LogP) is 2.03. The molecule has 1 unspecified atom stereocenters. The second-order valence-corrected chi connectivity index (χ2v) is 5.67. The van der Waals surface area contributed by atoms with Gasteiger partial charge in [0.1, 0.15) is 6.10 Å². The van der Waals surface area contributed by atoms with E-state index < -0.39 is 0 Å². The summed E-state index contributed by atoms with van der Waals surface area (Å²) < 4.78 is 1.75. The van der Waals surface area contributed by atoms with E-state index in [9.17, 15) is 4.79 Å². The third-order valence-electron chi connectivity index (χ3n) is 3.96. The van der Waals surface area contributed by atoms with Crippen molar-refractivity contribution in [1.82, 2.24) is 20.1 Å². The zero-order valence-electron chi connectivity index (χ0n) is 12.0. The van der Waals surface area contributed by atoms with Crippen LogP contribution < -0.4 is 0 Å². The number of hydroxylamine groups is 2. The maximum absolute atomic E-state index is 12.5. The van der Waals surface area contributed by atoms with Gasteiger partial charge in [-0.25, -0.2) is 4.68 Å². The summed E-state index contributed by atoms with van der Waals surface area (Å²) >= 11 is 0. The standard InChI is InChI=1S/C16H16N4O2/c21-16(13-4-2-1-3-5-13)20-11-14(10-19-9-8-17-18-19)15(22-20)12-6-7-12/h1-5,8-9,11-12,15H,6-7,10H2. The number of amides is 1. The van der Waals surface area contributed by atoms with Crippen molar-refractivity contribution in [2.45, 2.75) is 25.5 Å². The van der Waals surface area contributed by atoms with Gasteiger partial charge in [0.05, 0.1) is 12.7 Å². The van der Waals surface area contributed by atoms with Crippen LogP contribution >= 0.6 is 0 Å². The number of carbonyl (C=O) groups is 1. The van der Waals surface area contributed by atoms with Crippen LogP contribution in [0.15, 0.2) is 54.5 Å². The molecule has 1 atom stereocenters. The van der Waals surface area contributed by atoms with Crippen LogP contribution in [0.3, 0.4) is 0 Å². The van der Waals surface area contributed by atoms with E-state index in [1.807, 2.05) is 24.4 Å². The lowest BCUT2D eigenvalue weighted by atomic mass is 10.1. The number of aromatic nitrogens is 3. The average Bonchev–Trinajstić information content (AvgIpc) is 3.11. The van der Waals surface area contributed by atoms with Gasteiger partial charge in [-0.15, -0.1) is 5.10 Å². The molecule has 1 aliphatic heterocycles. The Kier molecular flexibility index (Phi) is 3.23. The quantitative estimate of drug-likeness (QED) is 0.866. The lowest BCUT2D eigenvalue weighted by Gasteiger charge is -2.17. The van der Waals surface area contributed by atoms with Crippen molar-refractivity contribution in [2.24, 2.45) is 5.92 Å². The summed E-state index contributed by atoms with van der Waals surface area (Å²) in [5.74, 6) is 0.364. The second-order valence-electron chi connectivity index (χ2n) is 5.67. The third kappa shape index (κ3) is 2.53. The van der Waals surface area contributed by atoms with Crippen LogP contribution in [-0.4, -0.2) is 32.1 Å². The SMILES string of the molecule is O=C(c1ccccc1)N1C=C(Cn2ccnn2)C(C2CC2)O1. The normalized spacial score (nSPS) is 21.0. The Bertz CT molecular complexity index is 692. The fourth-order valence-corrected chi connectivity index (χ4v) is 2.68. The van der Waals surface area contributed by atoms with Crippen LogP contribution in [-0.2, 0) is 11.4 Å². The topological polar surface area (TPSA) is 60.2 Å². The molecule has 1 fully saturated rings. The Morgan fingerprint density at radius 1 is 1.27 bits per heavy atom. The first-order valence-electron chi connectivity index (χ1n) is 7.41. The van der Waals surface area contributed by atoms with E-state index in [2.05, 4.69) is 10.3 Å².